The van der Waals surface area contributed by atoms with Crippen molar-refractivity contribution in [2.24, 2.45) is 0 Å². The first kappa shape index (κ1) is 44.1. The van der Waals surface area contributed by atoms with Gasteiger partial charge in [0.1, 0.15) is 24.4 Å². The van der Waals surface area contributed by atoms with E-state index in [9.17, 15) is 30.0 Å². The van der Waals surface area contributed by atoms with Crippen molar-refractivity contribution in [2.45, 2.75) is 218 Å². The van der Waals surface area contributed by atoms with E-state index >= 15 is 0 Å². The average molecular weight is 643 g/mol. The smallest absolute Gasteiger partial charge is 0.192 e. The van der Waals surface area contributed by atoms with Gasteiger partial charge < -0.3 is 25.2 Å². The Bertz CT molecular complexity index is 602. The molecule has 7 nitrogen and oxygen atoms in total. The second-order valence-corrected chi connectivity index (χ2v) is 13.4. The van der Waals surface area contributed by atoms with E-state index < -0.39 is 49.2 Å². The molecule has 0 aliphatic rings. The minimum Gasteiger partial charge on any atom is -0.393 e. The standard InChI is InChI=1S/C38H74O7/c1-3-5-7-9-11-13-15-17-19-21-23-25-27-29-35(37(43)33(41)31-39)45-36(38(44)34(42)32-40)30-28-26-24-22-20-18-16-14-12-10-8-6-4-2/h33-36,39-42H,3-32H2,1-2H3. The monoisotopic (exact) mass is 643 g/mol. The highest BCUT2D eigenvalue weighted by molar-refractivity contribution is 5.89. The maximum atomic E-state index is 12.9. The minimum absolute atomic E-state index is 0.352. The second kappa shape index (κ2) is 33.1. The van der Waals surface area contributed by atoms with Crippen LogP contribution in [0.4, 0.5) is 0 Å². The fraction of sp³-hybridized carbons (Fsp3) is 0.947. The minimum atomic E-state index is -1.56. The van der Waals surface area contributed by atoms with Crippen LogP contribution in [-0.2, 0) is 14.3 Å². The van der Waals surface area contributed by atoms with Crippen LogP contribution in [-0.4, -0.2) is 69.6 Å². The summed E-state index contributed by atoms with van der Waals surface area (Å²) in [6.07, 6.45) is 26.8. The summed E-state index contributed by atoms with van der Waals surface area (Å²) in [7, 11) is 0. The van der Waals surface area contributed by atoms with Gasteiger partial charge in [0.2, 0.25) is 0 Å². The Labute approximate surface area is 277 Å². The molecule has 7 heteroatoms. The van der Waals surface area contributed by atoms with Crippen molar-refractivity contribution in [3.8, 4) is 0 Å². The van der Waals surface area contributed by atoms with Crippen LogP contribution < -0.4 is 0 Å². The Kier molecular flexibility index (Phi) is 32.4. The third-order valence-electron chi connectivity index (χ3n) is 9.11. The van der Waals surface area contributed by atoms with Gasteiger partial charge in [-0.25, -0.2) is 0 Å². The zero-order valence-electron chi connectivity index (χ0n) is 29.5. The number of hydrogen-bond donors (Lipinski definition) is 4. The van der Waals surface area contributed by atoms with Crippen molar-refractivity contribution in [1.82, 2.24) is 0 Å². The summed E-state index contributed by atoms with van der Waals surface area (Å²) in [6, 6.07) is 0. The van der Waals surface area contributed by atoms with Crippen molar-refractivity contribution in [3.05, 3.63) is 0 Å². The number of aliphatic hydroxyl groups is 4. The highest BCUT2D eigenvalue weighted by Crippen LogP contribution is 2.20. The molecule has 0 heterocycles. The van der Waals surface area contributed by atoms with Crippen LogP contribution in [0.3, 0.4) is 0 Å². The molecule has 0 aliphatic heterocycles. The largest absolute Gasteiger partial charge is 0.393 e. The van der Waals surface area contributed by atoms with Gasteiger partial charge in [-0.1, -0.05) is 181 Å². The van der Waals surface area contributed by atoms with Gasteiger partial charge in [0.05, 0.1) is 13.2 Å². The van der Waals surface area contributed by atoms with Crippen LogP contribution in [0.2, 0.25) is 0 Å². The van der Waals surface area contributed by atoms with Crippen LogP contribution in [0, 0.1) is 0 Å². The SMILES string of the molecule is CCCCCCCCCCCCCCCC(OC(CCCCCCCCCCCCCCC)C(=O)C(O)CO)C(=O)C(O)CO. The van der Waals surface area contributed by atoms with Crippen LogP contribution in [0.25, 0.3) is 0 Å². The maximum Gasteiger partial charge on any atom is 0.192 e. The van der Waals surface area contributed by atoms with E-state index in [2.05, 4.69) is 13.8 Å². The van der Waals surface area contributed by atoms with Gasteiger partial charge in [-0.15, -0.1) is 0 Å². The highest BCUT2D eigenvalue weighted by Gasteiger charge is 2.33. The molecule has 268 valence electrons. The Balaban J connectivity index is 4.52. The topological polar surface area (TPSA) is 124 Å². The van der Waals surface area contributed by atoms with Crippen LogP contribution >= 0.6 is 0 Å². The summed E-state index contributed by atoms with van der Waals surface area (Å²) in [5, 5.41) is 38.9. The summed E-state index contributed by atoms with van der Waals surface area (Å²) in [5.41, 5.74) is 0. The van der Waals surface area contributed by atoms with E-state index in [0.29, 0.717) is 25.7 Å². The lowest BCUT2D eigenvalue weighted by atomic mass is 9.99. The number of aliphatic hydroxyl groups excluding tert-OH is 4. The molecule has 0 aromatic heterocycles. The Morgan fingerprint density at radius 1 is 0.422 bits per heavy atom. The fourth-order valence-corrected chi connectivity index (χ4v) is 6.06. The quantitative estimate of drug-likeness (QED) is 0.0505. The van der Waals surface area contributed by atoms with Gasteiger partial charge in [-0.3, -0.25) is 9.59 Å². The maximum absolute atomic E-state index is 12.9. The van der Waals surface area contributed by atoms with E-state index in [1.807, 2.05) is 0 Å². The molecule has 0 spiro atoms. The Morgan fingerprint density at radius 3 is 0.867 bits per heavy atom. The first-order valence-electron chi connectivity index (χ1n) is 19.2. The van der Waals surface area contributed by atoms with E-state index in [4.69, 9.17) is 4.74 Å². The van der Waals surface area contributed by atoms with E-state index in [-0.39, 0.29) is 0 Å². The summed E-state index contributed by atoms with van der Waals surface area (Å²) in [4.78, 5) is 25.7. The molecule has 0 bridgehead atoms. The molecule has 0 amide bonds. The van der Waals surface area contributed by atoms with Crippen LogP contribution in [0.15, 0.2) is 0 Å². The van der Waals surface area contributed by atoms with Gasteiger partial charge in [0, 0.05) is 0 Å². The number of hydrogen-bond acceptors (Lipinski definition) is 7. The molecular formula is C38H74O7. The lowest BCUT2D eigenvalue weighted by Crippen LogP contribution is -2.43. The molecule has 0 saturated carbocycles. The number of ketones is 2. The molecule has 0 aromatic rings. The molecule has 0 fully saturated rings. The molecule has 0 saturated heterocycles. The summed E-state index contributed by atoms with van der Waals surface area (Å²) in [6.45, 7) is 3.09. The van der Waals surface area contributed by atoms with Crippen LogP contribution in [0.1, 0.15) is 194 Å². The number of unbranched alkanes of at least 4 members (excludes halogenated alkanes) is 24. The first-order valence-corrected chi connectivity index (χ1v) is 19.2. The molecule has 0 radical (unpaired) electrons. The zero-order valence-corrected chi connectivity index (χ0v) is 29.5. The molecule has 4 N–H and O–H groups in total. The molecule has 45 heavy (non-hydrogen) atoms. The predicted octanol–water partition coefficient (Wildman–Crippen LogP) is 8.55. The lowest BCUT2D eigenvalue weighted by molar-refractivity contribution is -0.156. The highest BCUT2D eigenvalue weighted by atomic mass is 16.5. The van der Waals surface area contributed by atoms with Crippen molar-refractivity contribution in [1.29, 1.82) is 0 Å². The Hall–Kier alpha value is -0.860. The number of carbonyl (C=O) groups excluding carboxylic acids is 2. The molecular weight excluding hydrogens is 568 g/mol. The van der Waals surface area contributed by atoms with E-state index in [1.54, 1.807) is 0 Å². The average Bonchev–Trinajstić information content (AvgIpc) is 3.05. The summed E-state index contributed by atoms with van der Waals surface area (Å²) in [5.74, 6) is -1.25. The van der Waals surface area contributed by atoms with Gasteiger partial charge in [-0.05, 0) is 12.8 Å². The lowest BCUT2D eigenvalue weighted by Gasteiger charge is -2.26. The Morgan fingerprint density at radius 2 is 0.644 bits per heavy atom. The molecule has 0 rings (SSSR count). The van der Waals surface area contributed by atoms with Crippen molar-refractivity contribution >= 4 is 11.6 Å². The van der Waals surface area contributed by atoms with E-state index in [0.717, 1.165) is 38.5 Å². The van der Waals surface area contributed by atoms with E-state index in [1.165, 1.54) is 116 Å². The fourth-order valence-electron chi connectivity index (χ4n) is 6.06. The third-order valence-corrected chi connectivity index (χ3v) is 9.11. The number of ether oxygens (including phenoxy) is 1. The van der Waals surface area contributed by atoms with Crippen LogP contribution in [0.5, 0.6) is 0 Å². The number of rotatable bonds is 36. The molecule has 0 aliphatic carbocycles. The summed E-state index contributed by atoms with van der Waals surface area (Å²) < 4.78 is 5.99. The number of carbonyl (C=O) groups is 2. The van der Waals surface area contributed by atoms with Crippen molar-refractivity contribution in [3.63, 3.8) is 0 Å². The predicted molar refractivity (Wildman–Crippen MR) is 185 cm³/mol. The van der Waals surface area contributed by atoms with Crippen molar-refractivity contribution in [2.75, 3.05) is 13.2 Å². The zero-order chi connectivity index (χ0) is 33.4. The third kappa shape index (κ3) is 25.9. The normalized spacial score (nSPS) is 14.4. The van der Waals surface area contributed by atoms with Gasteiger partial charge in [0.15, 0.2) is 11.6 Å². The molecule has 4 unspecified atom stereocenters. The number of Topliss-reactive ketones (excluding diaryl/α,β-unsaturated/α-hetero) is 2. The van der Waals surface area contributed by atoms with Gasteiger partial charge >= 0.3 is 0 Å². The molecule has 4 atom stereocenters. The van der Waals surface area contributed by atoms with Gasteiger partial charge in [0.25, 0.3) is 0 Å². The molecule has 0 aromatic carbocycles. The van der Waals surface area contributed by atoms with Crippen molar-refractivity contribution < 1.29 is 34.8 Å². The van der Waals surface area contributed by atoms with Gasteiger partial charge in [-0.2, -0.15) is 0 Å². The second-order valence-electron chi connectivity index (χ2n) is 13.4. The first-order chi connectivity index (χ1) is 21.9. The summed E-state index contributed by atoms with van der Waals surface area (Å²) >= 11 is 0.